The van der Waals surface area contributed by atoms with E-state index >= 15 is 0 Å². The molecular formula is C27H33ClN4O8. The number of carbonyl (C=O) groups excluding carboxylic acids is 3. The fraction of sp³-hybridized carbons (Fsp3) is 0.333. The quantitative estimate of drug-likeness (QED) is 0.196. The number of hydrogen-bond donors (Lipinski definition) is 3. The van der Waals surface area contributed by atoms with Gasteiger partial charge in [0, 0.05) is 26.9 Å². The lowest BCUT2D eigenvalue weighted by Gasteiger charge is -2.02. The number of aromatic nitrogens is 4. The van der Waals surface area contributed by atoms with Gasteiger partial charge in [0.05, 0.1) is 41.6 Å². The Labute approximate surface area is 236 Å². The lowest BCUT2D eigenvalue weighted by molar-refractivity contribution is -0.143. The number of phenolic OH excluding ortho intramolecular Hbond substituents is 2. The van der Waals surface area contributed by atoms with E-state index in [2.05, 4.69) is 9.97 Å². The van der Waals surface area contributed by atoms with E-state index in [0.717, 1.165) is 5.52 Å². The number of phenols is 2. The third-order valence-electron chi connectivity index (χ3n) is 5.98. The van der Waals surface area contributed by atoms with E-state index in [-0.39, 0.29) is 67.7 Å². The van der Waals surface area contributed by atoms with Crippen LogP contribution in [0.5, 0.6) is 11.5 Å². The van der Waals surface area contributed by atoms with E-state index in [4.69, 9.17) is 9.84 Å². The number of imidazole rings is 2. The summed E-state index contributed by atoms with van der Waals surface area (Å²) in [5, 5.41) is 27.8. The van der Waals surface area contributed by atoms with Gasteiger partial charge in [0.15, 0.2) is 12.6 Å². The highest BCUT2D eigenvalue weighted by atomic mass is 35.5. The smallest absolute Gasteiger partial charge is 0.306 e. The number of benzene rings is 2. The topological polar surface area (TPSA) is 174 Å². The van der Waals surface area contributed by atoms with E-state index < -0.39 is 5.97 Å². The maximum atomic E-state index is 11.4. The van der Waals surface area contributed by atoms with Crippen molar-refractivity contribution in [1.29, 1.82) is 0 Å². The van der Waals surface area contributed by atoms with Gasteiger partial charge in [-0.1, -0.05) is 7.43 Å². The minimum Gasteiger partial charge on any atom is -0.507 e. The number of esters is 1. The zero-order chi connectivity index (χ0) is 28.0. The molecule has 0 fully saturated rings. The maximum absolute atomic E-state index is 11.4. The van der Waals surface area contributed by atoms with Gasteiger partial charge in [-0.25, -0.2) is 9.97 Å². The van der Waals surface area contributed by atoms with Gasteiger partial charge in [-0.15, -0.1) is 12.4 Å². The zero-order valence-electron chi connectivity index (χ0n) is 21.6. The molecule has 0 unspecified atom stereocenters. The van der Waals surface area contributed by atoms with E-state index in [1.807, 2.05) is 0 Å². The molecule has 12 nitrogen and oxygen atoms in total. The van der Waals surface area contributed by atoms with E-state index in [1.165, 1.54) is 12.1 Å². The second-order valence-electron chi connectivity index (χ2n) is 8.34. The summed E-state index contributed by atoms with van der Waals surface area (Å²) in [6.07, 6.45) is 2.03. The zero-order valence-corrected chi connectivity index (χ0v) is 22.4. The lowest BCUT2D eigenvalue weighted by atomic mass is 10.2. The second kappa shape index (κ2) is 14.6. The summed E-state index contributed by atoms with van der Waals surface area (Å²) < 4.78 is 8.40. The van der Waals surface area contributed by atoms with E-state index in [9.17, 15) is 29.4 Å². The van der Waals surface area contributed by atoms with Crippen LogP contribution in [0.4, 0.5) is 0 Å². The molecule has 4 aromatic rings. The number of hydrogen-bond acceptors (Lipinski definition) is 9. The number of aromatic hydroxyl groups is 2. The van der Waals surface area contributed by atoms with Crippen LogP contribution in [0.15, 0.2) is 24.3 Å². The third-order valence-corrected chi connectivity index (χ3v) is 5.98. The monoisotopic (exact) mass is 576 g/mol. The number of halogens is 1. The molecule has 0 aliphatic carbocycles. The normalized spacial score (nSPS) is 10.2. The number of nitrogens with zero attached hydrogens (tertiary/aromatic N) is 4. The molecule has 0 aliphatic rings. The Morgan fingerprint density at radius 2 is 1.27 bits per heavy atom. The van der Waals surface area contributed by atoms with Crippen LogP contribution in [0.1, 0.15) is 59.6 Å². The Hall–Kier alpha value is -4.45. The molecule has 3 N–H and O–H groups in total. The molecule has 2 aromatic heterocycles. The van der Waals surface area contributed by atoms with Crippen LogP contribution in [0.25, 0.3) is 22.1 Å². The fourth-order valence-corrected chi connectivity index (χ4v) is 3.98. The third kappa shape index (κ3) is 7.14. The van der Waals surface area contributed by atoms with Crippen molar-refractivity contribution in [3.8, 4) is 11.5 Å². The van der Waals surface area contributed by atoms with Gasteiger partial charge in [0.25, 0.3) is 0 Å². The molecule has 0 saturated carbocycles. The maximum Gasteiger partial charge on any atom is 0.306 e. The first-order valence-electron chi connectivity index (χ1n) is 11.7. The standard InChI is InChI=1S/C14H16N2O4.C12H12N2O4.CH4.ClH/c1-3-20-13(19)7-6-12-15-14-9(8-17)11(18)5-4-10(14)16(12)2;1-14-8-2-3-9(16)7(6-15)12(8)13-10(14)4-5-11(17)18;;/h4-5,8,18H,3,6-7H2,1-2H3;2-3,6,16H,4-5H2,1H3,(H,17,18);1H4;1H. The van der Waals surface area contributed by atoms with Crippen LogP contribution in [-0.4, -0.2) is 65.5 Å². The van der Waals surface area contributed by atoms with Gasteiger partial charge < -0.3 is 29.2 Å². The highest BCUT2D eigenvalue weighted by molar-refractivity contribution is 5.98. The molecule has 40 heavy (non-hydrogen) atoms. The molecule has 0 radical (unpaired) electrons. The average Bonchev–Trinajstić information content (AvgIpc) is 3.37. The largest absolute Gasteiger partial charge is 0.507 e. The summed E-state index contributed by atoms with van der Waals surface area (Å²) in [4.78, 5) is 52.4. The predicted octanol–water partition coefficient (Wildman–Crippen LogP) is 3.75. The highest BCUT2D eigenvalue weighted by Gasteiger charge is 2.16. The van der Waals surface area contributed by atoms with Gasteiger partial charge in [-0.3, -0.25) is 19.2 Å². The number of carboxylic acids is 1. The Balaban J connectivity index is 0.000000383. The van der Waals surface area contributed by atoms with Gasteiger partial charge in [-0.2, -0.15) is 0 Å². The fourth-order valence-electron chi connectivity index (χ4n) is 3.98. The van der Waals surface area contributed by atoms with Crippen LogP contribution in [0.2, 0.25) is 0 Å². The molecule has 2 heterocycles. The molecule has 0 saturated heterocycles. The molecule has 0 spiro atoms. The summed E-state index contributed by atoms with van der Waals surface area (Å²) in [5.41, 5.74) is 2.57. The molecule has 0 bridgehead atoms. The van der Waals surface area contributed by atoms with Crippen molar-refractivity contribution in [1.82, 2.24) is 19.1 Å². The van der Waals surface area contributed by atoms with Crippen molar-refractivity contribution < 1.29 is 39.2 Å². The van der Waals surface area contributed by atoms with Crippen molar-refractivity contribution >= 4 is 59.0 Å². The molecular weight excluding hydrogens is 544 g/mol. The predicted molar refractivity (Wildman–Crippen MR) is 150 cm³/mol. The van der Waals surface area contributed by atoms with Crippen molar-refractivity contribution in [2.45, 2.75) is 40.0 Å². The second-order valence-corrected chi connectivity index (χ2v) is 8.34. The number of rotatable bonds is 9. The molecule has 0 aliphatic heterocycles. The van der Waals surface area contributed by atoms with Crippen molar-refractivity contribution in [3.63, 3.8) is 0 Å². The van der Waals surface area contributed by atoms with Crippen molar-refractivity contribution in [3.05, 3.63) is 47.0 Å². The average molecular weight is 577 g/mol. The summed E-state index contributed by atoms with van der Waals surface area (Å²) in [6.45, 7) is 2.11. The molecule has 0 atom stereocenters. The SMILES string of the molecule is C.CCOC(=O)CCc1nc2c(C=O)c(O)ccc2n1C.Cl.Cn1c(CCC(=O)O)nc2c(C=O)c(O)ccc21. The number of carbonyl (C=O) groups is 4. The summed E-state index contributed by atoms with van der Waals surface area (Å²) in [7, 11) is 3.56. The first-order chi connectivity index (χ1) is 18.1. The Bertz CT molecular complexity index is 1530. The first kappa shape index (κ1) is 33.6. The number of ether oxygens (including phenoxy) is 1. The van der Waals surface area contributed by atoms with Crippen LogP contribution in [0, 0.1) is 0 Å². The van der Waals surface area contributed by atoms with Crippen LogP contribution < -0.4 is 0 Å². The number of aldehydes is 2. The van der Waals surface area contributed by atoms with Crippen molar-refractivity contribution in [2.75, 3.05) is 6.61 Å². The number of aliphatic carboxylic acids is 1. The number of aryl methyl sites for hydroxylation is 4. The number of carboxylic acid groups (broad SMARTS) is 1. The van der Waals surface area contributed by atoms with Gasteiger partial charge in [0.1, 0.15) is 34.2 Å². The summed E-state index contributed by atoms with van der Waals surface area (Å²) >= 11 is 0. The van der Waals surface area contributed by atoms with Crippen LogP contribution >= 0.6 is 12.4 Å². The summed E-state index contributed by atoms with van der Waals surface area (Å²) in [5.74, 6) is -0.163. The van der Waals surface area contributed by atoms with Crippen LogP contribution in [-0.2, 0) is 41.3 Å². The lowest BCUT2D eigenvalue weighted by Crippen LogP contribution is -2.07. The summed E-state index contributed by atoms with van der Waals surface area (Å²) in [6, 6.07) is 6.23. The Kier molecular flexibility index (Phi) is 12.3. The van der Waals surface area contributed by atoms with Crippen LogP contribution in [0.3, 0.4) is 0 Å². The van der Waals surface area contributed by atoms with E-state index in [0.29, 0.717) is 53.8 Å². The Morgan fingerprint density at radius 3 is 1.65 bits per heavy atom. The minimum atomic E-state index is -0.902. The minimum absolute atomic E-state index is 0. The molecule has 216 valence electrons. The molecule has 0 amide bonds. The van der Waals surface area contributed by atoms with Gasteiger partial charge in [0.2, 0.25) is 0 Å². The Morgan fingerprint density at radius 1 is 0.850 bits per heavy atom. The van der Waals surface area contributed by atoms with Crippen molar-refractivity contribution in [2.24, 2.45) is 14.1 Å². The first-order valence-corrected chi connectivity index (χ1v) is 11.7. The van der Waals surface area contributed by atoms with E-state index in [1.54, 1.807) is 42.3 Å². The van der Waals surface area contributed by atoms with Gasteiger partial charge in [-0.05, 0) is 31.2 Å². The van der Waals surface area contributed by atoms with Gasteiger partial charge >= 0.3 is 11.9 Å². The number of fused-ring (bicyclic) bond motifs is 2. The highest BCUT2D eigenvalue weighted by Crippen LogP contribution is 2.27. The molecule has 4 rings (SSSR count). The molecule has 2 aromatic carbocycles. The molecule has 13 heteroatoms.